The first-order valence-electron chi connectivity index (χ1n) is 3.31. The first kappa shape index (κ1) is 9.44. The number of nitrogens with zero attached hydrogens (tertiary/aromatic N) is 2. The molecular formula is C7H6N2O3S. The number of rotatable bonds is 3. The Bertz CT molecular complexity index is 420. The smallest absolute Gasteiger partial charge is 0.358 e. The van der Waals surface area contributed by atoms with E-state index in [1.807, 2.05) is 0 Å². The molecule has 68 valence electrons. The van der Waals surface area contributed by atoms with Gasteiger partial charge in [-0.1, -0.05) is 18.2 Å². The highest BCUT2D eigenvalue weighted by atomic mass is 32.2. The Balaban J connectivity index is 3.02. The van der Waals surface area contributed by atoms with Gasteiger partial charge in [-0.25, -0.2) is 0 Å². The standard InChI is InChI=1S/C7H6N2O3S/c8-9-6-12-13(10,11)7-4-2-1-3-5-7/h1-6H. The van der Waals surface area contributed by atoms with Crippen molar-refractivity contribution in [1.82, 2.24) is 0 Å². The van der Waals surface area contributed by atoms with Crippen LogP contribution < -0.4 is 0 Å². The van der Waals surface area contributed by atoms with Gasteiger partial charge >= 0.3 is 16.5 Å². The number of benzene rings is 1. The molecule has 0 aliphatic rings. The van der Waals surface area contributed by atoms with Crippen molar-refractivity contribution in [1.29, 1.82) is 0 Å². The third-order valence-electron chi connectivity index (χ3n) is 1.25. The molecular weight excluding hydrogens is 192 g/mol. The summed E-state index contributed by atoms with van der Waals surface area (Å²) < 4.78 is 26.5. The van der Waals surface area contributed by atoms with Crippen LogP contribution in [0.5, 0.6) is 0 Å². The van der Waals surface area contributed by atoms with E-state index in [1.54, 1.807) is 18.2 Å². The summed E-state index contributed by atoms with van der Waals surface area (Å²) in [6.45, 7) is 0. The van der Waals surface area contributed by atoms with Gasteiger partial charge in [-0.15, -0.1) is 4.79 Å². The first-order valence-corrected chi connectivity index (χ1v) is 4.72. The normalized spacial score (nSPS) is 10.2. The van der Waals surface area contributed by atoms with Crippen LogP contribution in [0, 0.1) is 0 Å². The molecule has 0 saturated carbocycles. The topological polar surface area (TPSA) is 79.8 Å². The van der Waals surface area contributed by atoms with Crippen LogP contribution in [-0.4, -0.2) is 19.6 Å². The molecule has 0 aliphatic carbocycles. The Morgan fingerprint density at radius 3 is 2.46 bits per heavy atom. The molecule has 6 heteroatoms. The second kappa shape index (κ2) is 3.84. The van der Waals surface area contributed by atoms with Crippen molar-refractivity contribution >= 4 is 16.5 Å². The summed E-state index contributed by atoms with van der Waals surface area (Å²) in [6.07, 6.45) is 0.447. The van der Waals surface area contributed by atoms with Gasteiger partial charge in [-0.2, -0.15) is 8.42 Å². The molecule has 0 aromatic heterocycles. The van der Waals surface area contributed by atoms with Crippen LogP contribution in [0.3, 0.4) is 0 Å². The summed E-state index contributed by atoms with van der Waals surface area (Å²) >= 11 is 0. The lowest BCUT2D eigenvalue weighted by Gasteiger charge is -1.97. The Hall–Kier alpha value is -1.65. The van der Waals surface area contributed by atoms with Crippen molar-refractivity contribution in [2.45, 2.75) is 4.90 Å². The Labute approximate surface area is 75.3 Å². The van der Waals surface area contributed by atoms with Crippen LogP contribution in [0.15, 0.2) is 35.2 Å². The van der Waals surface area contributed by atoms with Crippen molar-refractivity contribution in [3.63, 3.8) is 0 Å². The fraction of sp³-hybridized carbons (Fsp3) is 0. The highest BCUT2D eigenvalue weighted by molar-refractivity contribution is 7.87. The van der Waals surface area contributed by atoms with Crippen LogP contribution in [0.2, 0.25) is 0 Å². The lowest BCUT2D eigenvalue weighted by Crippen LogP contribution is -2.04. The fourth-order valence-corrected chi connectivity index (χ4v) is 1.47. The minimum Gasteiger partial charge on any atom is -0.358 e. The molecule has 0 unspecified atom stereocenters. The van der Waals surface area contributed by atoms with E-state index in [0.717, 1.165) is 0 Å². The molecule has 1 aromatic carbocycles. The predicted octanol–water partition coefficient (Wildman–Crippen LogP) is 0.650. The van der Waals surface area contributed by atoms with Gasteiger partial charge in [0.25, 0.3) is 0 Å². The van der Waals surface area contributed by atoms with Crippen molar-refractivity contribution in [2.24, 2.45) is 0 Å². The summed E-state index contributed by atoms with van der Waals surface area (Å²) in [4.78, 5) is 2.43. The maximum atomic E-state index is 11.2. The Morgan fingerprint density at radius 2 is 1.92 bits per heavy atom. The fourth-order valence-electron chi connectivity index (χ4n) is 0.719. The first-order chi connectivity index (χ1) is 6.17. The molecule has 0 bridgehead atoms. The average Bonchev–Trinajstić information content (AvgIpc) is 2.16. The summed E-state index contributed by atoms with van der Waals surface area (Å²) in [5, 5.41) is 0. The van der Waals surface area contributed by atoms with E-state index in [9.17, 15) is 8.42 Å². The molecule has 0 saturated heterocycles. The molecule has 0 aliphatic heterocycles. The zero-order valence-electron chi connectivity index (χ0n) is 6.49. The zero-order valence-corrected chi connectivity index (χ0v) is 7.31. The van der Waals surface area contributed by atoms with Crippen LogP contribution in [-0.2, 0) is 14.3 Å². The number of hydrogen-bond acceptors (Lipinski definition) is 3. The van der Waals surface area contributed by atoms with E-state index in [-0.39, 0.29) is 4.90 Å². The molecule has 0 atom stereocenters. The molecule has 0 radical (unpaired) electrons. The van der Waals surface area contributed by atoms with E-state index in [1.165, 1.54) is 12.1 Å². The molecule has 1 aromatic rings. The summed E-state index contributed by atoms with van der Waals surface area (Å²) in [5.74, 6) is 0. The van der Waals surface area contributed by atoms with Gasteiger partial charge in [0.1, 0.15) is 4.90 Å². The summed E-state index contributed by atoms with van der Waals surface area (Å²) in [6, 6.07) is 7.55. The van der Waals surface area contributed by atoms with Gasteiger partial charge in [-0.3, -0.25) is 0 Å². The minimum absolute atomic E-state index is 0.00917. The van der Waals surface area contributed by atoms with Crippen molar-refractivity contribution in [2.75, 3.05) is 0 Å². The molecule has 0 fully saturated rings. The quantitative estimate of drug-likeness (QED) is 0.235. The third kappa shape index (κ3) is 2.40. The Morgan fingerprint density at radius 1 is 1.31 bits per heavy atom. The highest BCUT2D eigenvalue weighted by Gasteiger charge is 2.14. The highest BCUT2D eigenvalue weighted by Crippen LogP contribution is 2.09. The maximum Gasteiger partial charge on any atom is 0.454 e. The molecule has 0 amide bonds. The zero-order chi connectivity index (χ0) is 9.73. The van der Waals surface area contributed by atoms with Gasteiger partial charge in [-0.05, 0) is 12.1 Å². The molecule has 1 rings (SSSR count). The van der Waals surface area contributed by atoms with Crippen LogP contribution >= 0.6 is 0 Å². The SMILES string of the molecule is [N-]=[N+]=COS(=O)(=O)c1ccccc1. The average molecular weight is 198 g/mol. The molecule has 0 spiro atoms. The lowest BCUT2D eigenvalue weighted by atomic mass is 10.4. The second-order valence-corrected chi connectivity index (χ2v) is 3.66. The van der Waals surface area contributed by atoms with E-state index in [4.69, 9.17) is 5.53 Å². The van der Waals surface area contributed by atoms with E-state index >= 15 is 0 Å². The van der Waals surface area contributed by atoms with Gasteiger partial charge in [0.05, 0.1) is 0 Å². The van der Waals surface area contributed by atoms with Gasteiger partial charge in [0.2, 0.25) is 0 Å². The van der Waals surface area contributed by atoms with Crippen LogP contribution in [0.4, 0.5) is 0 Å². The maximum absolute atomic E-state index is 11.2. The minimum atomic E-state index is -3.83. The largest absolute Gasteiger partial charge is 0.454 e. The number of hydrogen-bond donors (Lipinski definition) is 0. The second-order valence-electron chi connectivity index (χ2n) is 2.08. The predicted molar refractivity (Wildman–Crippen MR) is 44.4 cm³/mol. The molecule has 0 N–H and O–H groups in total. The Kier molecular flexibility index (Phi) is 2.79. The lowest BCUT2D eigenvalue weighted by molar-refractivity contribution is -0.0143. The van der Waals surface area contributed by atoms with E-state index < -0.39 is 10.1 Å². The van der Waals surface area contributed by atoms with Gasteiger partial charge in [0, 0.05) is 0 Å². The van der Waals surface area contributed by atoms with Crippen molar-refractivity contribution in [3.05, 3.63) is 35.9 Å². The van der Waals surface area contributed by atoms with E-state index in [0.29, 0.717) is 6.40 Å². The van der Waals surface area contributed by atoms with Crippen molar-refractivity contribution < 1.29 is 17.4 Å². The van der Waals surface area contributed by atoms with Crippen molar-refractivity contribution in [3.8, 4) is 0 Å². The van der Waals surface area contributed by atoms with Gasteiger partial charge < -0.3 is 9.71 Å². The van der Waals surface area contributed by atoms with Crippen LogP contribution in [0.1, 0.15) is 0 Å². The monoisotopic (exact) mass is 198 g/mol. The summed E-state index contributed by atoms with van der Waals surface area (Å²) in [7, 11) is -3.83. The van der Waals surface area contributed by atoms with E-state index in [2.05, 4.69) is 8.97 Å². The van der Waals surface area contributed by atoms with Gasteiger partial charge in [0.15, 0.2) is 0 Å². The summed E-state index contributed by atoms with van der Waals surface area (Å²) in [5.41, 5.74) is 7.96. The molecule has 0 heterocycles. The molecule has 13 heavy (non-hydrogen) atoms. The third-order valence-corrected chi connectivity index (χ3v) is 2.44. The molecule has 5 nitrogen and oxygen atoms in total. The van der Waals surface area contributed by atoms with Crippen LogP contribution in [0.25, 0.3) is 5.53 Å².